The molecule has 0 unspecified atom stereocenters. The van der Waals surface area contributed by atoms with E-state index in [9.17, 15) is 8.42 Å². The number of hydrogen-bond acceptors (Lipinski definition) is 6. The molecule has 1 aromatic heterocycles. The van der Waals surface area contributed by atoms with Crippen molar-refractivity contribution in [3.05, 3.63) is 60.0 Å². The summed E-state index contributed by atoms with van der Waals surface area (Å²) in [6.45, 7) is 1.75. The maximum atomic E-state index is 12.3. The highest BCUT2D eigenvalue weighted by Crippen LogP contribution is 2.20. The topological polar surface area (TPSA) is 94.3 Å². The largest absolute Gasteiger partial charge is 0.497 e. The van der Waals surface area contributed by atoms with Gasteiger partial charge in [-0.15, -0.1) is 0 Å². The van der Waals surface area contributed by atoms with Crippen LogP contribution in [0, 0.1) is 6.92 Å². The van der Waals surface area contributed by atoms with Gasteiger partial charge in [-0.25, -0.2) is 13.1 Å². The van der Waals surface area contributed by atoms with Gasteiger partial charge in [-0.2, -0.15) is 4.98 Å². The summed E-state index contributed by atoms with van der Waals surface area (Å²) in [4.78, 5) is 4.40. The van der Waals surface area contributed by atoms with Crippen LogP contribution in [0.5, 0.6) is 5.75 Å². The van der Waals surface area contributed by atoms with E-state index in [1.54, 1.807) is 43.5 Å². The highest BCUT2D eigenvalue weighted by Gasteiger charge is 2.16. The SMILES string of the molecule is COc1ccc(-c2noc(CNS(=O)(=O)c3cccc(C)c3)n2)cc1. The van der Waals surface area contributed by atoms with Gasteiger partial charge < -0.3 is 9.26 Å². The lowest BCUT2D eigenvalue weighted by Gasteiger charge is -2.05. The Balaban J connectivity index is 1.71. The second-order valence-corrected chi connectivity index (χ2v) is 7.15. The Morgan fingerprint density at radius 3 is 2.60 bits per heavy atom. The van der Waals surface area contributed by atoms with Crippen LogP contribution in [0.2, 0.25) is 0 Å². The predicted octanol–water partition coefficient (Wildman–Crippen LogP) is 2.53. The molecule has 8 heteroatoms. The molecule has 0 fully saturated rings. The minimum absolute atomic E-state index is 0.0839. The molecule has 130 valence electrons. The highest BCUT2D eigenvalue weighted by molar-refractivity contribution is 7.89. The van der Waals surface area contributed by atoms with Crippen LogP contribution >= 0.6 is 0 Å². The first kappa shape index (κ1) is 17.1. The fourth-order valence-corrected chi connectivity index (χ4v) is 3.29. The Hall–Kier alpha value is -2.71. The zero-order valence-electron chi connectivity index (χ0n) is 13.8. The van der Waals surface area contributed by atoms with Crippen molar-refractivity contribution in [2.45, 2.75) is 18.4 Å². The van der Waals surface area contributed by atoms with Crippen molar-refractivity contribution in [2.75, 3.05) is 7.11 Å². The van der Waals surface area contributed by atoms with Gasteiger partial charge >= 0.3 is 0 Å². The van der Waals surface area contributed by atoms with Crippen molar-refractivity contribution < 1.29 is 17.7 Å². The van der Waals surface area contributed by atoms with E-state index in [0.717, 1.165) is 16.9 Å². The third-order valence-electron chi connectivity index (χ3n) is 3.53. The lowest BCUT2D eigenvalue weighted by Crippen LogP contribution is -2.23. The molecule has 1 heterocycles. The van der Waals surface area contributed by atoms with E-state index in [1.165, 1.54) is 6.07 Å². The Labute approximate surface area is 145 Å². The maximum Gasteiger partial charge on any atom is 0.242 e. The number of nitrogens with zero attached hydrogens (tertiary/aromatic N) is 2. The molecule has 1 N–H and O–H groups in total. The molecule has 0 radical (unpaired) electrons. The summed E-state index contributed by atoms with van der Waals surface area (Å²) in [7, 11) is -2.05. The van der Waals surface area contributed by atoms with Crippen molar-refractivity contribution >= 4 is 10.0 Å². The van der Waals surface area contributed by atoms with Crippen molar-refractivity contribution in [2.24, 2.45) is 0 Å². The number of nitrogens with one attached hydrogen (secondary N) is 1. The van der Waals surface area contributed by atoms with Crippen LogP contribution in [0.25, 0.3) is 11.4 Å². The third-order valence-corrected chi connectivity index (χ3v) is 4.93. The number of rotatable bonds is 6. The van der Waals surface area contributed by atoms with Gasteiger partial charge in [0, 0.05) is 5.56 Å². The summed E-state index contributed by atoms with van der Waals surface area (Å²) in [5.74, 6) is 1.29. The molecule has 3 aromatic rings. The van der Waals surface area contributed by atoms with Gasteiger partial charge in [-0.1, -0.05) is 17.3 Å². The minimum Gasteiger partial charge on any atom is -0.497 e. The van der Waals surface area contributed by atoms with E-state index < -0.39 is 10.0 Å². The molecular formula is C17H17N3O4S. The van der Waals surface area contributed by atoms with Gasteiger partial charge in [0.05, 0.1) is 18.6 Å². The Kier molecular flexibility index (Phi) is 4.82. The van der Waals surface area contributed by atoms with Crippen LogP contribution in [-0.4, -0.2) is 25.7 Å². The second-order valence-electron chi connectivity index (χ2n) is 5.38. The predicted molar refractivity (Wildman–Crippen MR) is 91.5 cm³/mol. The van der Waals surface area contributed by atoms with Crippen molar-refractivity contribution in [3.63, 3.8) is 0 Å². The average Bonchev–Trinajstić information content (AvgIpc) is 3.09. The van der Waals surface area contributed by atoms with Crippen LogP contribution < -0.4 is 9.46 Å². The standard InChI is InChI=1S/C17H17N3O4S/c1-12-4-3-5-15(10-12)25(21,22)18-11-16-19-17(20-24-16)13-6-8-14(23-2)9-7-13/h3-10,18H,11H2,1-2H3. The molecule has 0 spiro atoms. The maximum absolute atomic E-state index is 12.3. The monoisotopic (exact) mass is 359 g/mol. The summed E-state index contributed by atoms with van der Waals surface area (Å²) in [6, 6.07) is 13.8. The van der Waals surface area contributed by atoms with Gasteiger partial charge in [0.25, 0.3) is 0 Å². The molecule has 0 saturated carbocycles. The van der Waals surface area contributed by atoms with Crippen LogP contribution in [-0.2, 0) is 16.6 Å². The number of aromatic nitrogens is 2. The molecule has 3 rings (SSSR count). The van der Waals surface area contributed by atoms with Crippen molar-refractivity contribution in [3.8, 4) is 17.1 Å². The molecule has 0 aliphatic heterocycles. The van der Waals surface area contributed by atoms with Crippen LogP contribution in [0.15, 0.2) is 57.9 Å². The smallest absolute Gasteiger partial charge is 0.242 e. The van der Waals surface area contributed by atoms with Gasteiger partial charge in [0.1, 0.15) is 5.75 Å². The van der Waals surface area contributed by atoms with Gasteiger partial charge in [-0.05, 0) is 48.9 Å². The van der Waals surface area contributed by atoms with Crippen LogP contribution in [0.1, 0.15) is 11.5 Å². The fourth-order valence-electron chi connectivity index (χ4n) is 2.21. The van der Waals surface area contributed by atoms with Crippen molar-refractivity contribution in [1.29, 1.82) is 0 Å². The normalized spacial score (nSPS) is 11.4. The first-order chi connectivity index (χ1) is 12.0. The Morgan fingerprint density at radius 2 is 1.92 bits per heavy atom. The number of methoxy groups -OCH3 is 1. The Bertz CT molecular complexity index is 966. The number of aryl methyl sites for hydroxylation is 1. The molecule has 0 aliphatic rings. The second kappa shape index (κ2) is 7.04. The van der Waals surface area contributed by atoms with E-state index in [4.69, 9.17) is 9.26 Å². The van der Waals surface area contributed by atoms with Gasteiger partial charge in [0.2, 0.25) is 21.7 Å². The summed E-state index contributed by atoms with van der Waals surface area (Å²) in [5, 5.41) is 3.87. The fraction of sp³-hybridized carbons (Fsp3) is 0.176. The van der Waals surface area contributed by atoms with E-state index in [1.807, 2.05) is 13.0 Å². The molecular weight excluding hydrogens is 342 g/mol. The molecule has 25 heavy (non-hydrogen) atoms. The summed E-state index contributed by atoms with van der Waals surface area (Å²) < 4.78 is 37.2. The lowest BCUT2D eigenvalue weighted by atomic mass is 10.2. The molecule has 0 saturated heterocycles. The van der Waals surface area contributed by atoms with E-state index in [2.05, 4.69) is 14.9 Å². The number of hydrogen-bond donors (Lipinski definition) is 1. The quantitative estimate of drug-likeness (QED) is 0.727. The zero-order valence-corrected chi connectivity index (χ0v) is 14.6. The number of sulfonamides is 1. The van der Waals surface area contributed by atoms with E-state index in [-0.39, 0.29) is 17.3 Å². The molecule has 2 aromatic carbocycles. The third kappa shape index (κ3) is 4.04. The first-order valence-electron chi connectivity index (χ1n) is 7.51. The summed E-state index contributed by atoms with van der Waals surface area (Å²) in [6.07, 6.45) is 0. The van der Waals surface area contributed by atoms with Gasteiger partial charge in [0.15, 0.2) is 0 Å². The summed E-state index contributed by atoms with van der Waals surface area (Å²) in [5.41, 5.74) is 1.61. The van der Waals surface area contributed by atoms with Gasteiger partial charge in [-0.3, -0.25) is 0 Å². The molecule has 7 nitrogen and oxygen atoms in total. The molecule has 0 atom stereocenters. The molecule has 0 amide bonds. The molecule has 0 bridgehead atoms. The highest BCUT2D eigenvalue weighted by atomic mass is 32.2. The van der Waals surface area contributed by atoms with E-state index >= 15 is 0 Å². The number of ether oxygens (including phenoxy) is 1. The number of benzene rings is 2. The van der Waals surface area contributed by atoms with Crippen LogP contribution in [0.4, 0.5) is 0 Å². The zero-order chi connectivity index (χ0) is 17.9. The molecule has 0 aliphatic carbocycles. The summed E-state index contributed by atoms with van der Waals surface area (Å²) >= 11 is 0. The average molecular weight is 359 g/mol. The Morgan fingerprint density at radius 1 is 1.16 bits per heavy atom. The lowest BCUT2D eigenvalue weighted by molar-refractivity contribution is 0.376. The van der Waals surface area contributed by atoms with Crippen LogP contribution in [0.3, 0.4) is 0 Å². The first-order valence-corrected chi connectivity index (χ1v) is 8.99. The van der Waals surface area contributed by atoms with E-state index in [0.29, 0.717) is 5.82 Å². The minimum atomic E-state index is -3.64. The van der Waals surface area contributed by atoms with Crippen molar-refractivity contribution in [1.82, 2.24) is 14.9 Å².